The van der Waals surface area contributed by atoms with Gasteiger partial charge >= 0.3 is 0 Å². The summed E-state index contributed by atoms with van der Waals surface area (Å²) in [4.78, 5) is 22.8. The van der Waals surface area contributed by atoms with Gasteiger partial charge in [-0.15, -0.1) is 0 Å². The predicted molar refractivity (Wildman–Crippen MR) is 90.1 cm³/mol. The molecule has 0 heterocycles. The molecule has 0 atom stereocenters. The number of amides is 1. The Morgan fingerprint density at radius 2 is 1.83 bits per heavy atom. The minimum atomic E-state index is -0.304. The van der Waals surface area contributed by atoms with Gasteiger partial charge in [0.2, 0.25) is 0 Å². The van der Waals surface area contributed by atoms with E-state index in [4.69, 9.17) is 14.2 Å². The number of hydrogen-bond acceptors (Lipinski definition) is 5. The summed E-state index contributed by atoms with van der Waals surface area (Å²) in [6.45, 7) is 2.08. The van der Waals surface area contributed by atoms with Gasteiger partial charge < -0.3 is 19.5 Å². The number of hydrogen-bond donors (Lipinski definition) is 1. The van der Waals surface area contributed by atoms with Crippen LogP contribution >= 0.6 is 0 Å². The fraction of sp³-hybridized carbons (Fsp3) is 0.222. The van der Waals surface area contributed by atoms with E-state index in [0.29, 0.717) is 35.1 Å². The van der Waals surface area contributed by atoms with Gasteiger partial charge in [0.15, 0.2) is 18.1 Å². The molecule has 24 heavy (non-hydrogen) atoms. The van der Waals surface area contributed by atoms with Crippen LogP contribution in [0.4, 0.5) is 5.69 Å². The van der Waals surface area contributed by atoms with E-state index in [1.165, 1.54) is 0 Å². The lowest BCUT2D eigenvalue weighted by molar-refractivity contribution is -0.118. The molecule has 0 saturated heterocycles. The minimum Gasteiger partial charge on any atom is -0.497 e. The van der Waals surface area contributed by atoms with E-state index >= 15 is 0 Å². The van der Waals surface area contributed by atoms with E-state index in [0.717, 1.165) is 6.29 Å². The first kappa shape index (κ1) is 17.3. The third kappa shape index (κ3) is 4.74. The Morgan fingerprint density at radius 1 is 1.08 bits per heavy atom. The van der Waals surface area contributed by atoms with Gasteiger partial charge in [-0.25, -0.2) is 0 Å². The fourth-order valence-corrected chi connectivity index (χ4v) is 2.00. The second-order valence-corrected chi connectivity index (χ2v) is 4.82. The molecule has 0 aliphatic rings. The summed E-state index contributed by atoms with van der Waals surface area (Å²) in [6, 6.07) is 11.8. The standard InChI is InChI=1S/C18H19NO5/c1-3-23-17-10-13(11-20)4-9-16(17)24-12-18(21)19-14-5-7-15(22-2)8-6-14/h4-11H,3,12H2,1-2H3,(H,19,21). The number of anilines is 1. The number of nitrogens with one attached hydrogen (secondary N) is 1. The molecular weight excluding hydrogens is 310 g/mol. The van der Waals surface area contributed by atoms with Crippen molar-refractivity contribution in [3.8, 4) is 17.2 Å². The topological polar surface area (TPSA) is 73.9 Å². The summed E-state index contributed by atoms with van der Waals surface area (Å²) in [7, 11) is 1.58. The van der Waals surface area contributed by atoms with Crippen molar-refractivity contribution in [2.75, 3.05) is 25.6 Å². The molecule has 0 spiro atoms. The molecular formula is C18H19NO5. The van der Waals surface area contributed by atoms with Crippen LogP contribution in [-0.4, -0.2) is 32.5 Å². The first-order valence-electron chi connectivity index (χ1n) is 7.45. The Hall–Kier alpha value is -3.02. The molecule has 2 aromatic carbocycles. The van der Waals surface area contributed by atoms with Gasteiger partial charge in [-0.3, -0.25) is 9.59 Å². The predicted octanol–water partition coefficient (Wildman–Crippen LogP) is 2.92. The molecule has 126 valence electrons. The van der Waals surface area contributed by atoms with Crippen LogP contribution in [-0.2, 0) is 4.79 Å². The number of methoxy groups -OCH3 is 1. The second kappa shape index (κ2) is 8.57. The van der Waals surface area contributed by atoms with E-state index in [1.54, 1.807) is 49.6 Å². The molecule has 0 radical (unpaired) electrons. The van der Waals surface area contributed by atoms with Crippen LogP contribution in [0.5, 0.6) is 17.2 Å². The summed E-state index contributed by atoms with van der Waals surface area (Å²) in [6.07, 6.45) is 0.725. The molecule has 0 bridgehead atoms. The quantitative estimate of drug-likeness (QED) is 0.754. The largest absolute Gasteiger partial charge is 0.497 e. The van der Waals surface area contributed by atoms with Crippen molar-refractivity contribution in [3.05, 3.63) is 48.0 Å². The van der Waals surface area contributed by atoms with Crippen molar-refractivity contribution >= 4 is 17.9 Å². The van der Waals surface area contributed by atoms with Crippen LogP contribution in [0, 0.1) is 0 Å². The highest BCUT2D eigenvalue weighted by Crippen LogP contribution is 2.28. The third-order valence-corrected chi connectivity index (χ3v) is 3.14. The van der Waals surface area contributed by atoms with Gasteiger partial charge in [0.25, 0.3) is 5.91 Å². The summed E-state index contributed by atoms with van der Waals surface area (Å²) in [5.74, 6) is 1.25. The van der Waals surface area contributed by atoms with Gasteiger partial charge in [0.1, 0.15) is 12.0 Å². The molecule has 2 aromatic rings. The molecule has 1 amide bonds. The highest BCUT2D eigenvalue weighted by atomic mass is 16.5. The zero-order chi connectivity index (χ0) is 17.4. The molecule has 0 aliphatic carbocycles. The average molecular weight is 329 g/mol. The van der Waals surface area contributed by atoms with Crippen molar-refractivity contribution < 1.29 is 23.8 Å². The fourth-order valence-electron chi connectivity index (χ4n) is 2.00. The van der Waals surface area contributed by atoms with Crippen LogP contribution in [0.1, 0.15) is 17.3 Å². The Kier molecular flexibility index (Phi) is 6.19. The highest BCUT2D eigenvalue weighted by molar-refractivity contribution is 5.92. The van der Waals surface area contributed by atoms with Crippen LogP contribution in [0.2, 0.25) is 0 Å². The normalized spacial score (nSPS) is 9.92. The van der Waals surface area contributed by atoms with Crippen molar-refractivity contribution in [3.63, 3.8) is 0 Å². The summed E-state index contributed by atoms with van der Waals surface area (Å²) >= 11 is 0. The van der Waals surface area contributed by atoms with Gasteiger partial charge in [0.05, 0.1) is 13.7 Å². The third-order valence-electron chi connectivity index (χ3n) is 3.14. The van der Waals surface area contributed by atoms with Crippen LogP contribution in [0.15, 0.2) is 42.5 Å². The van der Waals surface area contributed by atoms with Crippen LogP contribution in [0.3, 0.4) is 0 Å². The second-order valence-electron chi connectivity index (χ2n) is 4.82. The molecule has 0 unspecified atom stereocenters. The van der Waals surface area contributed by atoms with E-state index < -0.39 is 0 Å². The molecule has 6 heteroatoms. The van der Waals surface area contributed by atoms with Gasteiger partial charge in [-0.2, -0.15) is 0 Å². The zero-order valence-corrected chi connectivity index (χ0v) is 13.6. The average Bonchev–Trinajstić information content (AvgIpc) is 2.61. The van der Waals surface area contributed by atoms with Gasteiger partial charge in [-0.05, 0) is 49.4 Å². The highest BCUT2D eigenvalue weighted by Gasteiger charge is 2.09. The number of benzene rings is 2. The monoisotopic (exact) mass is 329 g/mol. The first-order valence-corrected chi connectivity index (χ1v) is 7.45. The molecule has 2 rings (SSSR count). The lowest BCUT2D eigenvalue weighted by atomic mass is 10.2. The number of carbonyl (C=O) groups excluding carboxylic acids is 2. The summed E-state index contributed by atoms with van der Waals surface area (Å²) in [5.41, 5.74) is 1.12. The Labute approximate surface area is 140 Å². The molecule has 0 fully saturated rings. The molecule has 1 N–H and O–H groups in total. The van der Waals surface area contributed by atoms with Crippen LogP contribution < -0.4 is 19.5 Å². The van der Waals surface area contributed by atoms with Crippen LogP contribution in [0.25, 0.3) is 0 Å². The van der Waals surface area contributed by atoms with E-state index in [2.05, 4.69) is 5.32 Å². The molecule has 6 nitrogen and oxygen atoms in total. The lowest BCUT2D eigenvalue weighted by Gasteiger charge is -2.12. The molecule has 0 aliphatic heterocycles. The van der Waals surface area contributed by atoms with E-state index in [-0.39, 0.29) is 12.5 Å². The summed E-state index contributed by atoms with van der Waals surface area (Å²) in [5, 5.41) is 2.72. The Balaban J connectivity index is 1.96. The molecule has 0 saturated carbocycles. The van der Waals surface area contributed by atoms with Crippen molar-refractivity contribution in [2.24, 2.45) is 0 Å². The minimum absolute atomic E-state index is 0.174. The van der Waals surface area contributed by atoms with Gasteiger partial charge in [-0.1, -0.05) is 0 Å². The molecule has 0 aromatic heterocycles. The van der Waals surface area contributed by atoms with E-state index in [1.807, 2.05) is 6.92 Å². The van der Waals surface area contributed by atoms with E-state index in [9.17, 15) is 9.59 Å². The zero-order valence-electron chi connectivity index (χ0n) is 13.6. The lowest BCUT2D eigenvalue weighted by Crippen LogP contribution is -2.20. The Bertz CT molecular complexity index is 697. The van der Waals surface area contributed by atoms with Gasteiger partial charge in [0, 0.05) is 11.3 Å². The maximum atomic E-state index is 12.0. The number of ether oxygens (including phenoxy) is 3. The SMILES string of the molecule is CCOc1cc(C=O)ccc1OCC(=O)Nc1ccc(OC)cc1. The van der Waals surface area contributed by atoms with Crippen molar-refractivity contribution in [1.29, 1.82) is 0 Å². The number of aldehydes is 1. The maximum Gasteiger partial charge on any atom is 0.262 e. The smallest absolute Gasteiger partial charge is 0.262 e. The first-order chi connectivity index (χ1) is 11.7. The van der Waals surface area contributed by atoms with Crippen molar-refractivity contribution in [1.82, 2.24) is 0 Å². The Morgan fingerprint density at radius 3 is 2.46 bits per heavy atom. The number of rotatable bonds is 8. The summed E-state index contributed by atoms with van der Waals surface area (Å²) < 4.78 is 16.0. The van der Waals surface area contributed by atoms with Crippen molar-refractivity contribution in [2.45, 2.75) is 6.92 Å². The maximum absolute atomic E-state index is 12.0. The number of carbonyl (C=O) groups is 2.